The fraction of sp³-hybridized carbons (Fsp3) is 0.625. The van der Waals surface area contributed by atoms with Crippen molar-refractivity contribution in [1.82, 2.24) is 0 Å². The maximum absolute atomic E-state index is 12.0. The van der Waals surface area contributed by atoms with Gasteiger partial charge in [0.1, 0.15) is 5.71 Å². The first-order valence-electron chi connectivity index (χ1n) is 3.55. The molecule has 0 N–H and O–H groups in total. The van der Waals surface area contributed by atoms with Crippen LogP contribution in [0.2, 0.25) is 0 Å². The molecule has 0 aromatic rings. The quantitative estimate of drug-likeness (QED) is 0.466. The lowest BCUT2D eigenvalue weighted by Crippen LogP contribution is -2.22. The van der Waals surface area contributed by atoms with Crippen LogP contribution in [0.5, 0.6) is 0 Å². The van der Waals surface area contributed by atoms with Gasteiger partial charge < -0.3 is 0 Å². The SMILES string of the molecule is C=C(C)CCC(=NC)C(F)(F)F. The van der Waals surface area contributed by atoms with Crippen molar-refractivity contribution in [1.29, 1.82) is 0 Å². The highest BCUT2D eigenvalue weighted by atomic mass is 19.4. The van der Waals surface area contributed by atoms with Crippen LogP contribution in [-0.4, -0.2) is 18.9 Å². The van der Waals surface area contributed by atoms with Crippen molar-refractivity contribution in [3.8, 4) is 0 Å². The molecule has 0 fully saturated rings. The molecule has 0 radical (unpaired) electrons. The molecule has 0 saturated carbocycles. The molecule has 0 spiro atoms. The number of halogens is 3. The Morgan fingerprint density at radius 1 is 1.33 bits per heavy atom. The molecular formula is C8H12F3N. The summed E-state index contributed by atoms with van der Waals surface area (Å²) >= 11 is 0. The van der Waals surface area contributed by atoms with E-state index in [0.29, 0.717) is 6.42 Å². The zero-order chi connectivity index (χ0) is 9.78. The van der Waals surface area contributed by atoms with Gasteiger partial charge >= 0.3 is 6.18 Å². The lowest BCUT2D eigenvalue weighted by molar-refractivity contribution is -0.0605. The zero-order valence-electron chi connectivity index (χ0n) is 7.20. The first-order valence-corrected chi connectivity index (χ1v) is 3.55. The molecule has 0 aliphatic heterocycles. The van der Waals surface area contributed by atoms with Gasteiger partial charge in [0.2, 0.25) is 0 Å². The van der Waals surface area contributed by atoms with E-state index in [1.165, 1.54) is 0 Å². The molecule has 0 saturated heterocycles. The first kappa shape index (κ1) is 11.2. The molecule has 0 aromatic carbocycles. The fourth-order valence-electron chi connectivity index (χ4n) is 0.712. The van der Waals surface area contributed by atoms with Gasteiger partial charge in [0.05, 0.1) is 0 Å². The monoisotopic (exact) mass is 179 g/mol. The van der Waals surface area contributed by atoms with Crippen molar-refractivity contribution in [2.75, 3.05) is 7.05 Å². The molecule has 0 aliphatic rings. The minimum Gasteiger partial charge on any atom is -0.288 e. The molecule has 0 rings (SSSR count). The van der Waals surface area contributed by atoms with Gasteiger partial charge in [0, 0.05) is 7.05 Å². The molecule has 70 valence electrons. The predicted molar refractivity (Wildman–Crippen MR) is 43.5 cm³/mol. The van der Waals surface area contributed by atoms with Crippen LogP contribution in [0.4, 0.5) is 13.2 Å². The van der Waals surface area contributed by atoms with E-state index < -0.39 is 11.9 Å². The average molecular weight is 179 g/mol. The van der Waals surface area contributed by atoms with Gasteiger partial charge in [-0.25, -0.2) is 0 Å². The minimum absolute atomic E-state index is 0.0741. The van der Waals surface area contributed by atoms with Gasteiger partial charge in [-0.1, -0.05) is 5.57 Å². The van der Waals surface area contributed by atoms with Gasteiger partial charge in [-0.3, -0.25) is 4.99 Å². The molecule has 0 amide bonds. The van der Waals surface area contributed by atoms with Gasteiger partial charge in [-0.2, -0.15) is 13.2 Å². The summed E-state index contributed by atoms with van der Waals surface area (Å²) < 4.78 is 36.0. The van der Waals surface area contributed by atoms with Crippen molar-refractivity contribution in [3.63, 3.8) is 0 Å². The highest BCUT2D eigenvalue weighted by Crippen LogP contribution is 2.21. The molecule has 0 atom stereocenters. The molecule has 4 heteroatoms. The Morgan fingerprint density at radius 2 is 1.83 bits per heavy atom. The van der Waals surface area contributed by atoms with E-state index in [1.807, 2.05) is 0 Å². The van der Waals surface area contributed by atoms with Crippen LogP contribution >= 0.6 is 0 Å². The van der Waals surface area contributed by atoms with Crippen LogP contribution in [0.1, 0.15) is 19.8 Å². The highest BCUT2D eigenvalue weighted by Gasteiger charge is 2.34. The summed E-state index contributed by atoms with van der Waals surface area (Å²) in [6, 6.07) is 0. The summed E-state index contributed by atoms with van der Waals surface area (Å²) in [4.78, 5) is 3.18. The van der Waals surface area contributed by atoms with E-state index in [0.717, 1.165) is 12.6 Å². The maximum atomic E-state index is 12.0. The van der Waals surface area contributed by atoms with Gasteiger partial charge in [-0.05, 0) is 19.8 Å². The maximum Gasteiger partial charge on any atom is 0.429 e. The molecule has 0 unspecified atom stereocenters. The molecule has 1 nitrogen and oxygen atoms in total. The molecule has 0 bridgehead atoms. The Labute approximate surface area is 70.0 Å². The van der Waals surface area contributed by atoms with E-state index in [9.17, 15) is 13.2 Å². The fourth-order valence-corrected chi connectivity index (χ4v) is 0.712. The van der Waals surface area contributed by atoms with Crippen LogP contribution in [-0.2, 0) is 0 Å². The largest absolute Gasteiger partial charge is 0.429 e. The first-order chi connectivity index (χ1) is 5.38. The van der Waals surface area contributed by atoms with E-state index in [2.05, 4.69) is 11.6 Å². The van der Waals surface area contributed by atoms with E-state index in [4.69, 9.17) is 0 Å². The number of hydrogen-bond acceptors (Lipinski definition) is 1. The van der Waals surface area contributed by atoms with Gasteiger partial charge in [-0.15, -0.1) is 6.58 Å². The summed E-state index contributed by atoms with van der Waals surface area (Å²) in [7, 11) is 1.15. The Hall–Kier alpha value is -0.800. The second kappa shape index (κ2) is 4.28. The van der Waals surface area contributed by atoms with Crippen molar-refractivity contribution in [2.45, 2.75) is 25.9 Å². The number of alkyl halides is 3. The van der Waals surface area contributed by atoms with Crippen LogP contribution in [0.3, 0.4) is 0 Å². The Morgan fingerprint density at radius 3 is 2.08 bits per heavy atom. The second-order valence-electron chi connectivity index (χ2n) is 2.63. The Kier molecular flexibility index (Phi) is 4.00. The number of allylic oxidation sites excluding steroid dienone is 1. The normalized spacial score (nSPS) is 13.2. The number of hydrogen-bond donors (Lipinski definition) is 0. The van der Waals surface area contributed by atoms with Crippen molar-refractivity contribution in [2.24, 2.45) is 4.99 Å². The number of aliphatic imine (C=N–C) groups is 1. The van der Waals surface area contributed by atoms with E-state index >= 15 is 0 Å². The summed E-state index contributed by atoms with van der Waals surface area (Å²) in [6.07, 6.45) is -4.02. The smallest absolute Gasteiger partial charge is 0.288 e. The minimum atomic E-state index is -4.29. The average Bonchev–Trinajstić information content (AvgIpc) is 1.85. The molecular weight excluding hydrogens is 167 g/mol. The van der Waals surface area contributed by atoms with Gasteiger partial charge in [0.25, 0.3) is 0 Å². The summed E-state index contributed by atoms with van der Waals surface area (Å²) in [5, 5.41) is 0. The number of nitrogens with zero attached hydrogens (tertiary/aromatic N) is 1. The molecule has 0 aromatic heterocycles. The third-order valence-electron chi connectivity index (χ3n) is 1.39. The second-order valence-corrected chi connectivity index (χ2v) is 2.63. The lowest BCUT2D eigenvalue weighted by atomic mass is 10.1. The van der Waals surface area contributed by atoms with E-state index in [1.54, 1.807) is 6.92 Å². The summed E-state index contributed by atoms with van der Waals surface area (Å²) in [5.74, 6) is 0. The van der Waals surface area contributed by atoms with Crippen LogP contribution in [0, 0.1) is 0 Å². The van der Waals surface area contributed by atoms with Gasteiger partial charge in [0.15, 0.2) is 0 Å². The predicted octanol–water partition coefficient (Wildman–Crippen LogP) is 2.98. The summed E-state index contributed by atoms with van der Waals surface area (Å²) in [6.45, 7) is 5.22. The van der Waals surface area contributed by atoms with Crippen molar-refractivity contribution < 1.29 is 13.2 Å². The topological polar surface area (TPSA) is 12.4 Å². The van der Waals surface area contributed by atoms with Crippen molar-refractivity contribution >= 4 is 5.71 Å². The Balaban J connectivity index is 4.13. The Bertz CT molecular complexity index is 191. The van der Waals surface area contributed by atoms with Crippen LogP contribution in [0.15, 0.2) is 17.1 Å². The highest BCUT2D eigenvalue weighted by molar-refractivity contribution is 5.89. The summed E-state index contributed by atoms with van der Waals surface area (Å²) in [5.41, 5.74) is 0.0194. The van der Waals surface area contributed by atoms with Crippen LogP contribution in [0.25, 0.3) is 0 Å². The molecule has 0 aliphatic carbocycles. The number of rotatable bonds is 3. The standard InChI is InChI=1S/C8H12F3N/c1-6(2)4-5-7(12-3)8(9,10)11/h1,4-5H2,2-3H3. The van der Waals surface area contributed by atoms with E-state index in [-0.39, 0.29) is 6.42 Å². The molecule has 12 heavy (non-hydrogen) atoms. The zero-order valence-corrected chi connectivity index (χ0v) is 7.20. The van der Waals surface area contributed by atoms with Crippen LogP contribution < -0.4 is 0 Å². The third-order valence-corrected chi connectivity index (χ3v) is 1.39. The van der Waals surface area contributed by atoms with Crippen molar-refractivity contribution in [3.05, 3.63) is 12.2 Å². The lowest BCUT2D eigenvalue weighted by Gasteiger charge is -2.08. The third kappa shape index (κ3) is 4.16. The molecule has 0 heterocycles.